The van der Waals surface area contributed by atoms with Crippen molar-refractivity contribution >= 4 is 19.8 Å². The van der Waals surface area contributed by atoms with Crippen LogP contribution in [0.25, 0.3) is 0 Å². The number of unbranched alkanes of at least 4 members (excludes halogenated alkanes) is 27. The van der Waals surface area contributed by atoms with Gasteiger partial charge in [0.25, 0.3) is 0 Å². The summed E-state index contributed by atoms with van der Waals surface area (Å²) in [6.07, 6.45) is 62.8. The number of phosphoric acid groups is 1. The average Bonchev–Trinajstić information content (AvgIpc) is 3.28. The van der Waals surface area contributed by atoms with Gasteiger partial charge in [0.1, 0.15) is 6.61 Å². The molecule has 0 bridgehead atoms. The minimum atomic E-state index is -4.27. The summed E-state index contributed by atoms with van der Waals surface area (Å²) >= 11 is 0. The normalized spacial score (nSPS) is 13.7. The minimum absolute atomic E-state index is 0.228. The van der Waals surface area contributed by atoms with E-state index in [2.05, 4.69) is 79.1 Å². The number of hydrogen-bond donors (Lipinski definition) is 1. The molecule has 0 radical (unpaired) electrons. The van der Waals surface area contributed by atoms with Gasteiger partial charge in [-0.1, -0.05) is 216 Å². The summed E-state index contributed by atoms with van der Waals surface area (Å²) in [4.78, 5) is 34.7. The summed E-state index contributed by atoms with van der Waals surface area (Å²) in [6, 6.07) is 0. The van der Waals surface area contributed by atoms with Gasteiger partial charge >= 0.3 is 19.8 Å². The van der Waals surface area contributed by atoms with E-state index in [4.69, 9.17) is 14.0 Å². The standard InChI is InChI=1S/C54H97O8P/c1-4-6-8-10-12-14-16-18-20-22-24-26-27-29-31-33-35-37-39-41-43-45-47-49-54(56)62-52(51-61-63(57,58)59-3)50-60-53(55)48-46-44-42-40-38-36-34-32-30-28-25-23-21-19-17-15-13-11-9-7-5-2/h6,8,12,14,18,20,23-26,52H,4-5,7,9-11,13,15-17,19,21-22,27-51H2,1-3H3,(H,57,58)/b8-6-,14-12-,20-18-,25-23-,26-24-. The van der Waals surface area contributed by atoms with Gasteiger partial charge in [-0.25, -0.2) is 4.57 Å². The summed E-state index contributed by atoms with van der Waals surface area (Å²) in [5.74, 6) is -0.806. The van der Waals surface area contributed by atoms with Crippen LogP contribution in [0, 0.1) is 0 Å². The van der Waals surface area contributed by atoms with E-state index < -0.39 is 26.5 Å². The van der Waals surface area contributed by atoms with Crippen molar-refractivity contribution in [2.45, 2.75) is 251 Å². The quantitative estimate of drug-likeness (QED) is 0.0278. The number of ether oxygens (including phenoxy) is 2. The van der Waals surface area contributed by atoms with E-state index in [0.717, 1.165) is 77.7 Å². The molecule has 0 aliphatic heterocycles. The second-order valence-corrected chi connectivity index (χ2v) is 18.8. The molecule has 0 aromatic carbocycles. The molecular weight excluding hydrogens is 808 g/mol. The zero-order chi connectivity index (χ0) is 46.0. The Hall–Kier alpha value is -2.25. The molecule has 0 heterocycles. The van der Waals surface area contributed by atoms with Crippen molar-refractivity contribution in [3.05, 3.63) is 60.8 Å². The zero-order valence-corrected chi connectivity index (χ0v) is 41.9. The molecule has 0 saturated heterocycles. The van der Waals surface area contributed by atoms with Gasteiger partial charge in [-0.05, 0) is 77.0 Å². The first-order valence-electron chi connectivity index (χ1n) is 26.0. The van der Waals surface area contributed by atoms with Crippen molar-refractivity contribution in [3.8, 4) is 0 Å². The van der Waals surface area contributed by atoms with E-state index in [0.29, 0.717) is 6.42 Å². The molecule has 0 rings (SSSR count). The Morgan fingerprint density at radius 3 is 1.22 bits per heavy atom. The summed E-state index contributed by atoms with van der Waals surface area (Å²) in [7, 11) is -3.21. The number of carbonyl (C=O) groups excluding carboxylic acids is 2. The lowest BCUT2D eigenvalue weighted by molar-refractivity contribution is -0.161. The molecule has 63 heavy (non-hydrogen) atoms. The van der Waals surface area contributed by atoms with Gasteiger partial charge in [0.05, 0.1) is 6.61 Å². The summed E-state index contributed by atoms with van der Waals surface area (Å²) in [6.45, 7) is 3.80. The maximum atomic E-state index is 12.6. The van der Waals surface area contributed by atoms with Crippen LogP contribution in [-0.2, 0) is 32.7 Å². The lowest BCUT2D eigenvalue weighted by Crippen LogP contribution is -2.29. The summed E-state index contributed by atoms with van der Waals surface area (Å²) < 4.78 is 32.2. The monoisotopic (exact) mass is 905 g/mol. The van der Waals surface area contributed by atoms with Gasteiger partial charge in [-0.15, -0.1) is 0 Å². The number of rotatable bonds is 48. The van der Waals surface area contributed by atoms with Gasteiger partial charge in [0, 0.05) is 20.0 Å². The highest BCUT2D eigenvalue weighted by Gasteiger charge is 2.24. The first-order valence-corrected chi connectivity index (χ1v) is 27.5. The van der Waals surface area contributed by atoms with Crippen molar-refractivity contribution in [1.29, 1.82) is 0 Å². The van der Waals surface area contributed by atoms with E-state index >= 15 is 0 Å². The van der Waals surface area contributed by atoms with Crippen LogP contribution in [0.5, 0.6) is 0 Å². The Morgan fingerprint density at radius 2 is 0.810 bits per heavy atom. The molecule has 0 aromatic rings. The third-order valence-electron chi connectivity index (χ3n) is 11.2. The molecular formula is C54H97O8P. The van der Waals surface area contributed by atoms with Crippen LogP contribution in [0.1, 0.15) is 245 Å². The molecule has 0 spiro atoms. The van der Waals surface area contributed by atoms with E-state index in [1.54, 1.807) is 0 Å². The number of esters is 2. The van der Waals surface area contributed by atoms with E-state index in [9.17, 15) is 19.0 Å². The molecule has 2 unspecified atom stereocenters. The van der Waals surface area contributed by atoms with Gasteiger partial charge in [0.2, 0.25) is 0 Å². The maximum absolute atomic E-state index is 12.6. The van der Waals surface area contributed by atoms with E-state index in [-0.39, 0.29) is 25.4 Å². The Labute approximate surface area is 388 Å². The molecule has 1 N–H and O–H groups in total. The average molecular weight is 905 g/mol. The van der Waals surface area contributed by atoms with E-state index in [1.165, 1.54) is 141 Å². The van der Waals surface area contributed by atoms with Crippen LogP contribution in [0.3, 0.4) is 0 Å². The SMILES string of the molecule is CC/C=C\C/C=C\C/C=C\C/C=C\CCCCCCCCCCCCC(=O)OC(COC(=O)CCCCCCCCCCC/C=C\CCCCCCCCCC)COP(=O)(O)OC. The predicted molar refractivity (Wildman–Crippen MR) is 267 cm³/mol. The molecule has 0 aromatic heterocycles. The van der Waals surface area contributed by atoms with Crippen LogP contribution in [0.2, 0.25) is 0 Å². The predicted octanol–water partition coefficient (Wildman–Crippen LogP) is 17.1. The fourth-order valence-corrected chi connectivity index (χ4v) is 7.75. The van der Waals surface area contributed by atoms with Crippen molar-refractivity contribution in [2.75, 3.05) is 20.3 Å². The van der Waals surface area contributed by atoms with Crippen LogP contribution >= 0.6 is 7.82 Å². The van der Waals surface area contributed by atoms with E-state index in [1.807, 2.05) is 0 Å². The molecule has 2 atom stereocenters. The van der Waals surface area contributed by atoms with Crippen molar-refractivity contribution < 1.29 is 37.6 Å². The Balaban J connectivity index is 3.90. The third kappa shape index (κ3) is 49.0. The molecule has 0 fully saturated rings. The number of phosphoric ester groups is 1. The highest BCUT2D eigenvalue weighted by Crippen LogP contribution is 2.42. The van der Waals surface area contributed by atoms with Crippen LogP contribution in [0.4, 0.5) is 0 Å². The van der Waals surface area contributed by atoms with Crippen LogP contribution < -0.4 is 0 Å². The maximum Gasteiger partial charge on any atom is 0.472 e. The van der Waals surface area contributed by atoms with Crippen LogP contribution in [-0.4, -0.2) is 43.3 Å². The second kappa shape index (κ2) is 49.2. The van der Waals surface area contributed by atoms with Crippen molar-refractivity contribution in [2.24, 2.45) is 0 Å². The molecule has 0 amide bonds. The number of hydrogen-bond acceptors (Lipinski definition) is 7. The molecule has 366 valence electrons. The van der Waals surface area contributed by atoms with Gasteiger partial charge < -0.3 is 14.4 Å². The molecule has 8 nitrogen and oxygen atoms in total. The van der Waals surface area contributed by atoms with Crippen molar-refractivity contribution in [3.63, 3.8) is 0 Å². The van der Waals surface area contributed by atoms with Crippen LogP contribution in [0.15, 0.2) is 60.8 Å². The third-order valence-corrected chi connectivity index (χ3v) is 12.2. The van der Waals surface area contributed by atoms with Gasteiger partial charge in [-0.3, -0.25) is 18.6 Å². The molecule has 0 aliphatic carbocycles. The smallest absolute Gasteiger partial charge is 0.462 e. The first-order chi connectivity index (χ1) is 30.8. The minimum Gasteiger partial charge on any atom is -0.462 e. The fourth-order valence-electron chi connectivity index (χ4n) is 7.29. The Morgan fingerprint density at radius 1 is 0.460 bits per heavy atom. The summed E-state index contributed by atoms with van der Waals surface area (Å²) in [5.41, 5.74) is 0. The number of allylic oxidation sites excluding steroid dienone is 10. The first kappa shape index (κ1) is 60.8. The van der Waals surface area contributed by atoms with Crippen molar-refractivity contribution in [1.82, 2.24) is 0 Å². The van der Waals surface area contributed by atoms with Gasteiger partial charge in [0.15, 0.2) is 6.10 Å². The highest BCUT2D eigenvalue weighted by atomic mass is 31.2. The molecule has 9 heteroatoms. The lowest BCUT2D eigenvalue weighted by atomic mass is 10.0. The summed E-state index contributed by atoms with van der Waals surface area (Å²) in [5, 5.41) is 0. The zero-order valence-electron chi connectivity index (χ0n) is 41.0. The molecule has 0 aliphatic rings. The number of carbonyl (C=O) groups is 2. The molecule has 0 saturated carbocycles. The Bertz CT molecular complexity index is 1210. The topological polar surface area (TPSA) is 108 Å². The largest absolute Gasteiger partial charge is 0.472 e. The lowest BCUT2D eigenvalue weighted by Gasteiger charge is -2.19. The Kier molecular flexibility index (Phi) is 47.4. The van der Waals surface area contributed by atoms with Gasteiger partial charge in [-0.2, -0.15) is 0 Å². The fraction of sp³-hybridized carbons (Fsp3) is 0.778. The highest BCUT2D eigenvalue weighted by molar-refractivity contribution is 7.47. The second-order valence-electron chi connectivity index (χ2n) is 17.3.